The zero-order valence-corrected chi connectivity index (χ0v) is 18.7. The van der Waals surface area contributed by atoms with E-state index in [1.54, 1.807) is 7.11 Å². The van der Waals surface area contributed by atoms with Crippen LogP contribution >= 0.6 is 22.9 Å². The molecule has 0 aliphatic carbocycles. The summed E-state index contributed by atoms with van der Waals surface area (Å²) in [5, 5.41) is 1.53. The second-order valence-electron chi connectivity index (χ2n) is 7.46. The normalized spacial score (nSPS) is 16.4. The van der Waals surface area contributed by atoms with Crippen molar-refractivity contribution in [3.05, 3.63) is 58.1 Å². The molecule has 0 spiro atoms. The second kappa shape index (κ2) is 8.49. The number of carbonyl (C=O) groups excluding carboxylic acids is 1. The molecule has 3 aromatic rings. The number of ether oxygens (including phenoxy) is 2. The van der Waals surface area contributed by atoms with Gasteiger partial charge in [0, 0.05) is 48.4 Å². The first-order valence-electron chi connectivity index (χ1n) is 10.2. The van der Waals surface area contributed by atoms with Gasteiger partial charge in [-0.3, -0.25) is 4.79 Å². The fraction of sp³-hybridized carbons (Fsp3) is 0.304. The minimum Gasteiger partial charge on any atom is -0.495 e. The molecule has 0 bridgehead atoms. The largest absolute Gasteiger partial charge is 0.495 e. The van der Waals surface area contributed by atoms with Crippen molar-refractivity contribution in [3.8, 4) is 16.3 Å². The highest BCUT2D eigenvalue weighted by Crippen LogP contribution is 2.37. The first kappa shape index (κ1) is 20.3. The van der Waals surface area contributed by atoms with Crippen LogP contribution in [0.1, 0.15) is 15.4 Å². The maximum absolute atomic E-state index is 13.3. The number of thiazole rings is 1. The van der Waals surface area contributed by atoms with Crippen LogP contribution in [0.4, 0.5) is 11.4 Å². The Bertz CT molecular complexity index is 1110. The molecule has 31 heavy (non-hydrogen) atoms. The lowest BCUT2D eigenvalue weighted by molar-refractivity contribution is 0.0984. The van der Waals surface area contributed by atoms with E-state index in [-0.39, 0.29) is 5.91 Å². The fourth-order valence-electron chi connectivity index (χ4n) is 3.99. The summed E-state index contributed by atoms with van der Waals surface area (Å²) in [5.41, 5.74) is 3.71. The maximum atomic E-state index is 13.3. The van der Waals surface area contributed by atoms with Crippen molar-refractivity contribution >= 4 is 40.2 Å². The lowest BCUT2D eigenvalue weighted by Gasteiger charge is -2.31. The predicted molar refractivity (Wildman–Crippen MR) is 124 cm³/mol. The van der Waals surface area contributed by atoms with E-state index in [1.807, 2.05) is 47.4 Å². The molecule has 1 amide bonds. The van der Waals surface area contributed by atoms with Crippen LogP contribution in [0.25, 0.3) is 10.6 Å². The lowest BCUT2D eigenvalue weighted by atomic mass is 10.1. The summed E-state index contributed by atoms with van der Waals surface area (Å²) in [6, 6.07) is 13.5. The van der Waals surface area contributed by atoms with Crippen molar-refractivity contribution in [2.75, 3.05) is 49.8 Å². The van der Waals surface area contributed by atoms with Gasteiger partial charge in [-0.2, -0.15) is 0 Å². The number of halogens is 1. The third kappa shape index (κ3) is 3.89. The molecule has 0 unspecified atom stereocenters. The average Bonchev–Trinajstić information content (AvgIpc) is 3.25. The molecule has 0 radical (unpaired) electrons. The van der Waals surface area contributed by atoms with Gasteiger partial charge in [-0.25, -0.2) is 4.98 Å². The van der Waals surface area contributed by atoms with Crippen molar-refractivity contribution in [3.63, 3.8) is 0 Å². The first-order valence-corrected chi connectivity index (χ1v) is 11.4. The molecule has 160 valence electrons. The quantitative estimate of drug-likeness (QED) is 0.579. The highest BCUT2D eigenvalue weighted by Gasteiger charge is 2.30. The monoisotopic (exact) mass is 455 g/mol. The molecular formula is C23H22ClN3O3S. The van der Waals surface area contributed by atoms with Gasteiger partial charge in [0.2, 0.25) is 0 Å². The van der Waals surface area contributed by atoms with Crippen molar-refractivity contribution in [2.24, 2.45) is 0 Å². The molecule has 1 aromatic heterocycles. The summed E-state index contributed by atoms with van der Waals surface area (Å²) in [5.74, 6) is 0.754. The van der Waals surface area contributed by atoms with Crippen molar-refractivity contribution in [1.29, 1.82) is 0 Å². The summed E-state index contributed by atoms with van der Waals surface area (Å²) in [4.78, 5) is 22.8. The van der Waals surface area contributed by atoms with Gasteiger partial charge in [-0.05, 0) is 24.3 Å². The van der Waals surface area contributed by atoms with Crippen molar-refractivity contribution < 1.29 is 14.3 Å². The van der Waals surface area contributed by atoms with Gasteiger partial charge in [0.25, 0.3) is 5.91 Å². The predicted octanol–water partition coefficient (Wildman–Crippen LogP) is 4.51. The zero-order chi connectivity index (χ0) is 21.4. The number of morpholine rings is 1. The molecule has 2 aliphatic heterocycles. The Labute approximate surface area is 190 Å². The van der Waals surface area contributed by atoms with E-state index in [0.29, 0.717) is 29.7 Å². The van der Waals surface area contributed by atoms with Crippen LogP contribution in [0.5, 0.6) is 5.75 Å². The van der Waals surface area contributed by atoms with E-state index in [9.17, 15) is 4.79 Å². The fourth-order valence-corrected chi connectivity index (χ4v) is 5.18. The highest BCUT2D eigenvalue weighted by atomic mass is 35.5. The third-order valence-electron chi connectivity index (χ3n) is 5.63. The van der Waals surface area contributed by atoms with E-state index in [2.05, 4.69) is 4.90 Å². The Hall–Kier alpha value is -2.61. The Morgan fingerprint density at radius 3 is 2.61 bits per heavy atom. The topological polar surface area (TPSA) is 54.9 Å². The number of carbonyl (C=O) groups is 1. The second-order valence-corrected chi connectivity index (χ2v) is 8.90. The highest BCUT2D eigenvalue weighted by molar-refractivity contribution is 7.17. The van der Waals surface area contributed by atoms with Crippen molar-refractivity contribution in [2.45, 2.75) is 6.42 Å². The first-order chi connectivity index (χ1) is 15.1. The van der Waals surface area contributed by atoms with Crippen LogP contribution in [0.15, 0.2) is 42.5 Å². The van der Waals surface area contributed by atoms with E-state index < -0.39 is 0 Å². The van der Waals surface area contributed by atoms with Gasteiger partial charge in [0.1, 0.15) is 15.6 Å². The minimum atomic E-state index is -0.0138. The number of amides is 1. The molecule has 1 fully saturated rings. The van der Waals surface area contributed by atoms with Gasteiger partial charge in [-0.15, -0.1) is 11.3 Å². The van der Waals surface area contributed by atoms with E-state index in [1.165, 1.54) is 11.3 Å². The summed E-state index contributed by atoms with van der Waals surface area (Å²) >= 11 is 7.44. The molecule has 2 aromatic carbocycles. The van der Waals surface area contributed by atoms with Crippen LogP contribution in [0.3, 0.4) is 0 Å². The SMILES string of the molecule is COc1cc(N2CCc3nc(-c4ccc(Cl)cc4)sc3C2=O)ccc1N1CCOCC1. The average molecular weight is 456 g/mol. The number of rotatable bonds is 4. The Morgan fingerprint density at radius 1 is 1.10 bits per heavy atom. The van der Waals surface area contributed by atoms with Gasteiger partial charge in [-0.1, -0.05) is 23.7 Å². The van der Waals surface area contributed by atoms with E-state index >= 15 is 0 Å². The number of methoxy groups -OCH3 is 1. The summed E-state index contributed by atoms with van der Waals surface area (Å²) in [6.07, 6.45) is 0.721. The summed E-state index contributed by atoms with van der Waals surface area (Å²) < 4.78 is 11.1. The van der Waals surface area contributed by atoms with Crippen LogP contribution in [0, 0.1) is 0 Å². The molecule has 6 nitrogen and oxygen atoms in total. The minimum absolute atomic E-state index is 0.0138. The Kier molecular flexibility index (Phi) is 5.56. The van der Waals surface area contributed by atoms with Gasteiger partial charge in [0.05, 0.1) is 31.7 Å². The molecule has 0 saturated carbocycles. The van der Waals surface area contributed by atoms with Crippen LogP contribution in [0.2, 0.25) is 5.02 Å². The summed E-state index contributed by atoms with van der Waals surface area (Å²) in [6.45, 7) is 3.67. The molecule has 0 N–H and O–H groups in total. The molecule has 1 saturated heterocycles. The van der Waals surface area contributed by atoms with Gasteiger partial charge < -0.3 is 19.3 Å². The van der Waals surface area contributed by atoms with E-state index in [4.69, 9.17) is 26.1 Å². The smallest absolute Gasteiger partial charge is 0.270 e. The number of nitrogens with zero attached hydrogens (tertiary/aromatic N) is 3. The molecule has 2 aliphatic rings. The van der Waals surface area contributed by atoms with E-state index in [0.717, 1.165) is 52.9 Å². The van der Waals surface area contributed by atoms with Crippen LogP contribution in [-0.2, 0) is 11.2 Å². The Morgan fingerprint density at radius 2 is 1.87 bits per heavy atom. The summed E-state index contributed by atoms with van der Waals surface area (Å²) in [7, 11) is 1.67. The molecule has 8 heteroatoms. The number of anilines is 2. The molecular weight excluding hydrogens is 434 g/mol. The molecule has 3 heterocycles. The molecule has 0 atom stereocenters. The maximum Gasteiger partial charge on any atom is 0.270 e. The zero-order valence-electron chi connectivity index (χ0n) is 17.1. The lowest BCUT2D eigenvalue weighted by Crippen LogP contribution is -2.37. The number of hydrogen-bond donors (Lipinski definition) is 0. The van der Waals surface area contributed by atoms with Crippen molar-refractivity contribution in [1.82, 2.24) is 4.98 Å². The molecule has 5 rings (SSSR count). The third-order valence-corrected chi connectivity index (χ3v) is 7.01. The number of fused-ring (bicyclic) bond motifs is 1. The Balaban J connectivity index is 1.42. The van der Waals surface area contributed by atoms with Crippen LogP contribution < -0.4 is 14.5 Å². The van der Waals surface area contributed by atoms with Gasteiger partial charge in [0.15, 0.2) is 0 Å². The van der Waals surface area contributed by atoms with Crippen LogP contribution in [-0.4, -0.2) is 50.8 Å². The standard InChI is InChI=1S/C23H22ClN3O3S/c1-29-20-14-17(6-7-19(20)26-10-12-30-13-11-26)27-9-8-18-21(23(27)28)31-22(25-18)15-2-4-16(24)5-3-15/h2-7,14H,8-13H2,1H3. The number of hydrogen-bond acceptors (Lipinski definition) is 6. The number of aromatic nitrogens is 1. The number of benzene rings is 2. The van der Waals surface area contributed by atoms with Gasteiger partial charge >= 0.3 is 0 Å².